The highest BCUT2D eigenvalue weighted by Crippen LogP contribution is 2.61. The molecule has 0 radical (unpaired) electrons. The number of nitrogens with one attached hydrogen (secondary N) is 1. The Labute approximate surface area is 135 Å². The van der Waals surface area contributed by atoms with E-state index >= 15 is 0 Å². The van der Waals surface area contributed by atoms with Crippen molar-refractivity contribution in [3.63, 3.8) is 0 Å². The van der Waals surface area contributed by atoms with Gasteiger partial charge in [0, 0.05) is 0 Å². The minimum atomic E-state index is -0.0656. The minimum absolute atomic E-state index is 0.0656. The summed E-state index contributed by atoms with van der Waals surface area (Å²) < 4.78 is 2.20. The number of benzene rings is 1. The number of hydrogen-bond donors (Lipinski definition) is 2. The highest BCUT2D eigenvalue weighted by molar-refractivity contribution is 5.94. The predicted molar refractivity (Wildman–Crippen MR) is 92.1 cm³/mol. The minimum Gasteiger partial charge on any atom is -0.370 e. The molecule has 2 heterocycles. The van der Waals surface area contributed by atoms with Gasteiger partial charge in [0.2, 0.25) is 5.95 Å². The second-order valence-corrected chi connectivity index (χ2v) is 7.55. The van der Waals surface area contributed by atoms with Gasteiger partial charge in [-0.25, -0.2) is 9.98 Å². The fourth-order valence-electron chi connectivity index (χ4n) is 4.63. The van der Waals surface area contributed by atoms with Gasteiger partial charge < -0.3 is 5.73 Å². The summed E-state index contributed by atoms with van der Waals surface area (Å²) in [7, 11) is 0. The number of aliphatic imine (C=N–C) groups is 1. The first kappa shape index (κ1) is 13.2. The molecular weight excluding hydrogens is 286 g/mol. The number of allylic oxidation sites excluding steroid dienone is 1. The highest BCUT2D eigenvalue weighted by atomic mass is 15.4. The first-order chi connectivity index (χ1) is 11.1. The number of nitrogens with two attached hydrogens (primary N) is 1. The summed E-state index contributed by atoms with van der Waals surface area (Å²) in [4.78, 5) is 9.43. The SMILES string of the molecule is CC1(C)[C@@H]2CC=C([C@@H]3N=C(N)Nc4nc5ccccc5n43)[C@@H]1C2. The summed E-state index contributed by atoms with van der Waals surface area (Å²) in [5, 5.41) is 3.12. The van der Waals surface area contributed by atoms with Crippen molar-refractivity contribution in [3.8, 4) is 0 Å². The summed E-state index contributed by atoms with van der Waals surface area (Å²) in [5.74, 6) is 2.66. The molecule has 3 aliphatic carbocycles. The average molecular weight is 307 g/mol. The molecule has 1 aromatic heterocycles. The Morgan fingerprint density at radius 3 is 2.91 bits per heavy atom. The first-order valence-electron chi connectivity index (χ1n) is 8.33. The van der Waals surface area contributed by atoms with Gasteiger partial charge in [0.25, 0.3) is 0 Å². The maximum absolute atomic E-state index is 6.05. The van der Waals surface area contributed by atoms with E-state index in [2.05, 4.69) is 46.9 Å². The van der Waals surface area contributed by atoms with Gasteiger partial charge in [-0.15, -0.1) is 0 Å². The van der Waals surface area contributed by atoms with E-state index in [-0.39, 0.29) is 6.17 Å². The molecule has 3 N–H and O–H groups in total. The van der Waals surface area contributed by atoms with Crippen LogP contribution in [0.4, 0.5) is 5.95 Å². The number of hydrogen-bond acceptors (Lipinski definition) is 4. The third kappa shape index (κ3) is 1.62. The van der Waals surface area contributed by atoms with Gasteiger partial charge in [0.1, 0.15) is 0 Å². The Hall–Kier alpha value is -2.30. The zero-order valence-electron chi connectivity index (χ0n) is 13.5. The number of para-hydroxylation sites is 2. The Morgan fingerprint density at radius 2 is 2.13 bits per heavy atom. The van der Waals surface area contributed by atoms with Crippen molar-refractivity contribution in [2.24, 2.45) is 28.0 Å². The second-order valence-electron chi connectivity index (χ2n) is 7.55. The molecule has 5 nitrogen and oxygen atoms in total. The van der Waals surface area contributed by atoms with Crippen LogP contribution in [0.15, 0.2) is 40.9 Å². The number of guanidine groups is 1. The Kier molecular flexibility index (Phi) is 2.38. The van der Waals surface area contributed by atoms with Gasteiger partial charge in [-0.2, -0.15) is 0 Å². The molecule has 118 valence electrons. The Morgan fingerprint density at radius 1 is 1.30 bits per heavy atom. The molecule has 6 rings (SSSR count). The molecule has 2 bridgehead atoms. The van der Waals surface area contributed by atoms with E-state index in [1.165, 1.54) is 12.0 Å². The number of nitrogens with zero attached hydrogens (tertiary/aromatic N) is 3. The molecule has 4 aliphatic rings. The monoisotopic (exact) mass is 307 g/mol. The summed E-state index contributed by atoms with van der Waals surface area (Å²) in [6.45, 7) is 4.78. The zero-order valence-corrected chi connectivity index (χ0v) is 13.5. The first-order valence-corrected chi connectivity index (χ1v) is 8.33. The van der Waals surface area contributed by atoms with E-state index in [4.69, 9.17) is 10.7 Å². The van der Waals surface area contributed by atoms with Gasteiger partial charge in [-0.3, -0.25) is 9.88 Å². The summed E-state index contributed by atoms with van der Waals surface area (Å²) in [6, 6.07) is 8.21. The lowest BCUT2D eigenvalue weighted by Gasteiger charge is -2.57. The molecule has 3 atom stereocenters. The lowest BCUT2D eigenvalue weighted by atomic mass is 9.48. The fraction of sp³-hybridized carbons (Fsp3) is 0.444. The van der Waals surface area contributed by atoms with Crippen LogP contribution in [0.25, 0.3) is 11.0 Å². The molecule has 0 amide bonds. The van der Waals surface area contributed by atoms with Crippen molar-refractivity contribution in [3.05, 3.63) is 35.9 Å². The maximum atomic E-state index is 6.05. The van der Waals surface area contributed by atoms with E-state index in [1.54, 1.807) is 0 Å². The van der Waals surface area contributed by atoms with Crippen molar-refractivity contribution in [2.45, 2.75) is 32.9 Å². The molecule has 1 aliphatic heterocycles. The Balaban J connectivity index is 1.69. The fourth-order valence-corrected chi connectivity index (χ4v) is 4.63. The van der Waals surface area contributed by atoms with Gasteiger partial charge in [0.05, 0.1) is 11.0 Å². The molecule has 0 spiro atoms. The topological polar surface area (TPSA) is 68.2 Å². The third-order valence-corrected chi connectivity index (χ3v) is 6.15. The van der Waals surface area contributed by atoms with Crippen LogP contribution in [0.1, 0.15) is 32.9 Å². The van der Waals surface area contributed by atoms with E-state index in [0.29, 0.717) is 17.3 Å². The smallest absolute Gasteiger partial charge is 0.212 e. The quantitative estimate of drug-likeness (QED) is 0.795. The van der Waals surface area contributed by atoms with E-state index in [1.807, 2.05) is 12.1 Å². The van der Waals surface area contributed by atoms with Crippen LogP contribution in [-0.4, -0.2) is 15.5 Å². The number of imidazole rings is 1. The van der Waals surface area contributed by atoms with Crippen molar-refractivity contribution >= 4 is 22.9 Å². The maximum Gasteiger partial charge on any atom is 0.212 e. The lowest BCUT2D eigenvalue weighted by molar-refractivity contribution is -0.0119. The predicted octanol–water partition coefficient (Wildman–Crippen LogP) is 3.27. The normalized spacial score (nSPS) is 30.8. The molecule has 0 saturated heterocycles. The van der Waals surface area contributed by atoms with Crippen LogP contribution in [0.5, 0.6) is 0 Å². The summed E-state index contributed by atoms with van der Waals surface area (Å²) in [6.07, 6.45) is 4.76. The number of anilines is 1. The van der Waals surface area contributed by atoms with Gasteiger partial charge in [-0.1, -0.05) is 32.1 Å². The standard InChI is InChI=1S/C18H21N5/c1-18(2)10-7-8-11(12(18)9-10)15-21-16(19)22-17-20-13-5-3-4-6-14(13)23(15)17/h3-6,8,10,12,15H,7,9H2,1-2H3,(H3,19,20,21,22)/t10-,12+,15-/m1/s1. The largest absolute Gasteiger partial charge is 0.370 e. The molecule has 0 unspecified atom stereocenters. The van der Waals surface area contributed by atoms with Crippen molar-refractivity contribution in [1.29, 1.82) is 0 Å². The molecule has 1 saturated carbocycles. The van der Waals surface area contributed by atoms with Gasteiger partial charge >= 0.3 is 0 Å². The van der Waals surface area contributed by atoms with E-state index < -0.39 is 0 Å². The van der Waals surface area contributed by atoms with Crippen LogP contribution in [0.2, 0.25) is 0 Å². The van der Waals surface area contributed by atoms with Gasteiger partial charge in [0.15, 0.2) is 12.1 Å². The van der Waals surface area contributed by atoms with Crippen molar-refractivity contribution < 1.29 is 0 Å². The number of fused-ring (bicyclic) bond motifs is 4. The van der Waals surface area contributed by atoms with Crippen LogP contribution < -0.4 is 11.1 Å². The van der Waals surface area contributed by atoms with E-state index in [0.717, 1.165) is 29.3 Å². The molecule has 5 heteroatoms. The van der Waals surface area contributed by atoms with Crippen molar-refractivity contribution in [2.75, 3.05) is 5.32 Å². The van der Waals surface area contributed by atoms with Crippen molar-refractivity contribution in [1.82, 2.24) is 9.55 Å². The van der Waals surface area contributed by atoms with E-state index in [9.17, 15) is 0 Å². The number of rotatable bonds is 1. The molecule has 1 aromatic carbocycles. The lowest BCUT2D eigenvalue weighted by Crippen LogP contribution is -2.49. The third-order valence-electron chi connectivity index (χ3n) is 6.15. The van der Waals surface area contributed by atoms with Gasteiger partial charge in [-0.05, 0) is 47.8 Å². The van der Waals surface area contributed by atoms with Crippen LogP contribution >= 0.6 is 0 Å². The van der Waals surface area contributed by atoms with Crippen LogP contribution in [-0.2, 0) is 0 Å². The second kappa shape index (κ2) is 4.16. The average Bonchev–Trinajstić information content (AvgIpc) is 2.91. The molecule has 2 aromatic rings. The zero-order chi connectivity index (χ0) is 15.8. The number of aromatic nitrogens is 2. The van der Waals surface area contributed by atoms with Crippen LogP contribution in [0.3, 0.4) is 0 Å². The van der Waals surface area contributed by atoms with Crippen LogP contribution in [0, 0.1) is 17.3 Å². The Bertz CT molecular complexity index is 873. The molecular formula is C18H21N5. The summed E-state index contributed by atoms with van der Waals surface area (Å²) >= 11 is 0. The highest BCUT2D eigenvalue weighted by Gasteiger charge is 2.53. The molecule has 1 fully saturated rings. The molecule has 23 heavy (non-hydrogen) atoms. The summed E-state index contributed by atoms with van der Waals surface area (Å²) in [5.41, 5.74) is 9.92.